The van der Waals surface area contributed by atoms with Gasteiger partial charge in [-0.05, 0) is 42.0 Å². The molecule has 5 nitrogen and oxygen atoms in total. The summed E-state index contributed by atoms with van der Waals surface area (Å²) >= 11 is 5.80. The number of benzene rings is 2. The number of carbonyl (C=O) groups is 1. The van der Waals surface area contributed by atoms with E-state index in [1.165, 1.54) is 0 Å². The molecule has 2 N–H and O–H groups in total. The van der Waals surface area contributed by atoms with Gasteiger partial charge in [0, 0.05) is 24.2 Å². The SMILES string of the molecule is Cc1nc2ccc(CNC(=O)Nc3ccc(Cl)cc3)cc2o1. The molecule has 0 aliphatic rings. The van der Waals surface area contributed by atoms with Crippen LogP contribution in [0.3, 0.4) is 0 Å². The van der Waals surface area contributed by atoms with Gasteiger partial charge in [0.15, 0.2) is 11.5 Å². The van der Waals surface area contributed by atoms with Gasteiger partial charge in [-0.15, -0.1) is 0 Å². The van der Waals surface area contributed by atoms with Crippen LogP contribution in [-0.2, 0) is 6.54 Å². The van der Waals surface area contributed by atoms with Crippen molar-refractivity contribution >= 4 is 34.4 Å². The molecular formula is C16H14ClN3O2. The summed E-state index contributed by atoms with van der Waals surface area (Å²) in [6, 6.07) is 12.3. The molecule has 0 atom stereocenters. The van der Waals surface area contributed by atoms with Crippen LogP contribution in [-0.4, -0.2) is 11.0 Å². The summed E-state index contributed by atoms with van der Waals surface area (Å²) in [4.78, 5) is 16.1. The number of urea groups is 1. The molecular weight excluding hydrogens is 302 g/mol. The highest BCUT2D eigenvalue weighted by atomic mass is 35.5. The lowest BCUT2D eigenvalue weighted by Gasteiger charge is -2.07. The molecule has 0 aliphatic carbocycles. The molecule has 1 heterocycles. The Morgan fingerprint density at radius 1 is 1.23 bits per heavy atom. The number of aromatic nitrogens is 1. The minimum absolute atomic E-state index is 0.281. The number of amides is 2. The van der Waals surface area contributed by atoms with E-state index in [0.717, 1.165) is 16.7 Å². The smallest absolute Gasteiger partial charge is 0.319 e. The Hall–Kier alpha value is -2.53. The number of nitrogens with zero attached hydrogens (tertiary/aromatic N) is 1. The second-order valence-corrected chi connectivity index (χ2v) is 5.29. The van der Waals surface area contributed by atoms with Crippen LogP contribution in [0, 0.1) is 6.92 Å². The molecule has 0 spiro atoms. The second kappa shape index (κ2) is 6.07. The van der Waals surface area contributed by atoms with Crippen molar-refractivity contribution in [1.82, 2.24) is 10.3 Å². The molecule has 112 valence electrons. The molecule has 0 fully saturated rings. The Kier molecular flexibility index (Phi) is 3.98. The second-order valence-electron chi connectivity index (χ2n) is 4.85. The van der Waals surface area contributed by atoms with Gasteiger partial charge in [-0.1, -0.05) is 17.7 Å². The highest BCUT2D eigenvalue weighted by Crippen LogP contribution is 2.17. The van der Waals surface area contributed by atoms with Crippen molar-refractivity contribution in [2.24, 2.45) is 0 Å². The number of hydrogen-bond donors (Lipinski definition) is 2. The Labute approximate surface area is 132 Å². The van der Waals surface area contributed by atoms with Crippen molar-refractivity contribution in [3.8, 4) is 0 Å². The van der Waals surface area contributed by atoms with E-state index in [0.29, 0.717) is 23.1 Å². The number of hydrogen-bond acceptors (Lipinski definition) is 3. The van der Waals surface area contributed by atoms with Crippen LogP contribution in [0.2, 0.25) is 5.02 Å². The van der Waals surface area contributed by atoms with E-state index in [1.807, 2.05) is 18.2 Å². The molecule has 2 amide bonds. The number of anilines is 1. The van der Waals surface area contributed by atoms with Gasteiger partial charge in [-0.25, -0.2) is 9.78 Å². The number of halogens is 1. The molecule has 22 heavy (non-hydrogen) atoms. The first-order valence-electron chi connectivity index (χ1n) is 6.77. The predicted octanol–water partition coefficient (Wildman–Crippen LogP) is 4.11. The highest BCUT2D eigenvalue weighted by Gasteiger charge is 2.05. The monoisotopic (exact) mass is 315 g/mol. The van der Waals surface area contributed by atoms with Crippen molar-refractivity contribution in [2.45, 2.75) is 13.5 Å². The fraction of sp³-hybridized carbons (Fsp3) is 0.125. The first-order valence-corrected chi connectivity index (χ1v) is 7.14. The van der Waals surface area contributed by atoms with Crippen molar-refractivity contribution in [3.05, 3.63) is 58.9 Å². The average Bonchev–Trinajstić information content (AvgIpc) is 2.87. The van der Waals surface area contributed by atoms with Gasteiger partial charge in [0.25, 0.3) is 0 Å². The quantitative estimate of drug-likeness (QED) is 0.764. The minimum Gasteiger partial charge on any atom is -0.441 e. The predicted molar refractivity (Wildman–Crippen MR) is 86.1 cm³/mol. The first-order chi connectivity index (χ1) is 10.6. The number of rotatable bonds is 3. The number of nitrogens with one attached hydrogen (secondary N) is 2. The van der Waals surface area contributed by atoms with Gasteiger partial charge in [-0.3, -0.25) is 0 Å². The van der Waals surface area contributed by atoms with Gasteiger partial charge in [0.05, 0.1) is 0 Å². The average molecular weight is 316 g/mol. The molecule has 3 rings (SSSR count). The van der Waals surface area contributed by atoms with Gasteiger partial charge in [0.2, 0.25) is 0 Å². The van der Waals surface area contributed by atoms with Gasteiger partial charge in [0.1, 0.15) is 5.52 Å². The number of aryl methyl sites for hydroxylation is 1. The molecule has 0 bridgehead atoms. The van der Waals surface area contributed by atoms with Crippen LogP contribution in [0.1, 0.15) is 11.5 Å². The van der Waals surface area contributed by atoms with Crippen LogP contribution in [0.4, 0.5) is 10.5 Å². The standard InChI is InChI=1S/C16H14ClN3O2/c1-10-19-14-7-2-11(8-15(14)22-10)9-18-16(21)20-13-5-3-12(17)4-6-13/h2-8H,9H2,1H3,(H2,18,20,21). The van der Waals surface area contributed by atoms with Crippen LogP contribution < -0.4 is 10.6 Å². The Balaban J connectivity index is 1.60. The maximum absolute atomic E-state index is 11.8. The largest absolute Gasteiger partial charge is 0.441 e. The fourth-order valence-electron chi connectivity index (χ4n) is 2.09. The number of oxazole rings is 1. The summed E-state index contributed by atoms with van der Waals surface area (Å²) in [5, 5.41) is 6.15. The summed E-state index contributed by atoms with van der Waals surface area (Å²) in [6.45, 7) is 2.20. The summed E-state index contributed by atoms with van der Waals surface area (Å²) in [5.41, 5.74) is 3.15. The summed E-state index contributed by atoms with van der Waals surface area (Å²) in [6.07, 6.45) is 0. The molecule has 0 aliphatic heterocycles. The van der Waals surface area contributed by atoms with Crippen molar-refractivity contribution in [2.75, 3.05) is 5.32 Å². The lowest BCUT2D eigenvalue weighted by Crippen LogP contribution is -2.28. The molecule has 0 unspecified atom stereocenters. The summed E-state index contributed by atoms with van der Waals surface area (Å²) in [7, 11) is 0. The minimum atomic E-state index is -0.281. The molecule has 1 aromatic heterocycles. The van der Waals surface area contributed by atoms with E-state index < -0.39 is 0 Å². The number of fused-ring (bicyclic) bond motifs is 1. The van der Waals surface area contributed by atoms with E-state index in [2.05, 4.69) is 15.6 Å². The van der Waals surface area contributed by atoms with Crippen LogP contribution in [0.25, 0.3) is 11.1 Å². The van der Waals surface area contributed by atoms with Gasteiger partial charge >= 0.3 is 6.03 Å². The third kappa shape index (κ3) is 3.38. The molecule has 0 saturated heterocycles. The maximum Gasteiger partial charge on any atom is 0.319 e. The van der Waals surface area contributed by atoms with Crippen molar-refractivity contribution in [3.63, 3.8) is 0 Å². The molecule has 2 aromatic carbocycles. The Bertz CT molecular complexity index is 812. The third-order valence-electron chi connectivity index (χ3n) is 3.11. The van der Waals surface area contributed by atoms with Crippen LogP contribution in [0.5, 0.6) is 0 Å². The zero-order chi connectivity index (χ0) is 15.5. The van der Waals surface area contributed by atoms with E-state index in [4.69, 9.17) is 16.0 Å². The fourth-order valence-corrected chi connectivity index (χ4v) is 2.21. The van der Waals surface area contributed by atoms with Crippen molar-refractivity contribution in [1.29, 1.82) is 0 Å². The van der Waals surface area contributed by atoms with E-state index in [-0.39, 0.29) is 6.03 Å². The van der Waals surface area contributed by atoms with Crippen LogP contribution in [0.15, 0.2) is 46.9 Å². The maximum atomic E-state index is 11.8. The third-order valence-corrected chi connectivity index (χ3v) is 3.37. The lowest BCUT2D eigenvalue weighted by molar-refractivity contribution is 0.251. The van der Waals surface area contributed by atoms with Crippen molar-refractivity contribution < 1.29 is 9.21 Å². The molecule has 3 aromatic rings. The number of carbonyl (C=O) groups excluding carboxylic acids is 1. The zero-order valence-electron chi connectivity index (χ0n) is 11.9. The molecule has 0 radical (unpaired) electrons. The first kappa shape index (κ1) is 14.4. The highest BCUT2D eigenvalue weighted by molar-refractivity contribution is 6.30. The summed E-state index contributed by atoms with van der Waals surface area (Å²) in [5.74, 6) is 0.626. The van der Waals surface area contributed by atoms with Gasteiger partial charge in [-0.2, -0.15) is 0 Å². The van der Waals surface area contributed by atoms with Crippen LogP contribution >= 0.6 is 11.6 Å². The summed E-state index contributed by atoms with van der Waals surface area (Å²) < 4.78 is 5.47. The molecule has 6 heteroatoms. The lowest BCUT2D eigenvalue weighted by atomic mass is 10.2. The van der Waals surface area contributed by atoms with E-state index in [1.54, 1.807) is 31.2 Å². The Morgan fingerprint density at radius 2 is 2.00 bits per heavy atom. The molecule has 0 saturated carbocycles. The Morgan fingerprint density at radius 3 is 2.77 bits per heavy atom. The topological polar surface area (TPSA) is 67.2 Å². The van der Waals surface area contributed by atoms with E-state index >= 15 is 0 Å². The van der Waals surface area contributed by atoms with E-state index in [9.17, 15) is 4.79 Å². The van der Waals surface area contributed by atoms with Gasteiger partial charge < -0.3 is 15.1 Å². The normalized spacial score (nSPS) is 10.6. The zero-order valence-corrected chi connectivity index (χ0v) is 12.6.